The summed E-state index contributed by atoms with van der Waals surface area (Å²) in [6, 6.07) is 3.77. The van der Waals surface area contributed by atoms with Gasteiger partial charge in [0.2, 0.25) is 11.8 Å². The normalized spacial score (nSPS) is 9.80. The van der Waals surface area contributed by atoms with Crippen molar-refractivity contribution in [3.8, 4) is 0 Å². The molecule has 9 nitrogen and oxygen atoms in total. The lowest BCUT2D eigenvalue weighted by Crippen LogP contribution is -2.43. The Balaban J connectivity index is 3.04. The van der Waals surface area contributed by atoms with Crippen molar-refractivity contribution < 1.29 is 24.3 Å². The number of carbonyl (C=O) groups excluding carboxylic acids is 3. The molecule has 3 amide bonds. The van der Waals surface area contributed by atoms with Gasteiger partial charge in [0, 0.05) is 0 Å². The van der Waals surface area contributed by atoms with E-state index in [0.29, 0.717) is 0 Å². The van der Waals surface area contributed by atoms with Crippen LogP contribution in [0.3, 0.4) is 0 Å². The van der Waals surface area contributed by atoms with E-state index >= 15 is 0 Å². The number of aromatic nitrogens is 1. The van der Waals surface area contributed by atoms with E-state index in [1.807, 2.05) is 0 Å². The average Bonchev–Trinajstić information content (AvgIpc) is 2.36. The molecule has 9 heteroatoms. The van der Waals surface area contributed by atoms with E-state index in [4.69, 9.17) is 16.6 Å². The first kappa shape index (κ1) is 15.1. The molecule has 0 aliphatic carbocycles. The first-order chi connectivity index (χ1) is 9.31. The van der Waals surface area contributed by atoms with Crippen LogP contribution in [0, 0.1) is 0 Å². The van der Waals surface area contributed by atoms with E-state index in [0.717, 1.165) is 4.90 Å². The first-order valence-corrected chi connectivity index (χ1v) is 5.37. The molecule has 0 aromatic carbocycles. The van der Waals surface area contributed by atoms with Crippen LogP contribution in [0.5, 0.6) is 0 Å². The van der Waals surface area contributed by atoms with Crippen molar-refractivity contribution in [3.63, 3.8) is 0 Å². The number of carbonyl (C=O) groups is 4. The van der Waals surface area contributed by atoms with E-state index in [2.05, 4.69) is 4.98 Å². The SMILES string of the molecule is NC(=O)CN(CC(N)=O)C(=O)c1cccc(C(=O)O)n1. The van der Waals surface area contributed by atoms with Gasteiger partial charge < -0.3 is 21.5 Å². The van der Waals surface area contributed by atoms with Crippen LogP contribution in [0.25, 0.3) is 0 Å². The smallest absolute Gasteiger partial charge is 0.354 e. The van der Waals surface area contributed by atoms with Crippen LogP contribution in [0.2, 0.25) is 0 Å². The van der Waals surface area contributed by atoms with Gasteiger partial charge in [0.1, 0.15) is 24.5 Å². The molecule has 0 aliphatic heterocycles. The highest BCUT2D eigenvalue weighted by molar-refractivity contribution is 5.98. The molecule has 0 fully saturated rings. The molecular formula is C11H12N4O5. The molecule has 0 saturated heterocycles. The van der Waals surface area contributed by atoms with E-state index in [1.54, 1.807) is 0 Å². The van der Waals surface area contributed by atoms with Crippen LogP contribution < -0.4 is 11.5 Å². The Bertz CT molecular complexity index is 556. The summed E-state index contributed by atoms with van der Waals surface area (Å²) in [4.78, 5) is 48.9. The van der Waals surface area contributed by atoms with Crippen molar-refractivity contribution >= 4 is 23.7 Å². The fraction of sp³-hybridized carbons (Fsp3) is 0.182. The topological polar surface area (TPSA) is 157 Å². The van der Waals surface area contributed by atoms with Gasteiger partial charge in [-0.2, -0.15) is 0 Å². The summed E-state index contributed by atoms with van der Waals surface area (Å²) in [5, 5.41) is 8.78. The number of amides is 3. The van der Waals surface area contributed by atoms with Crippen LogP contribution in [-0.4, -0.2) is 51.8 Å². The van der Waals surface area contributed by atoms with Crippen LogP contribution in [-0.2, 0) is 9.59 Å². The Hall–Kier alpha value is -2.97. The number of nitrogens with two attached hydrogens (primary N) is 2. The van der Waals surface area contributed by atoms with Crippen molar-refractivity contribution in [1.82, 2.24) is 9.88 Å². The van der Waals surface area contributed by atoms with Crippen molar-refractivity contribution in [3.05, 3.63) is 29.6 Å². The molecule has 0 radical (unpaired) electrons. The maximum atomic E-state index is 12.0. The second-order valence-corrected chi connectivity index (χ2v) is 3.81. The van der Waals surface area contributed by atoms with Crippen molar-refractivity contribution in [2.24, 2.45) is 11.5 Å². The number of nitrogens with zero attached hydrogens (tertiary/aromatic N) is 2. The monoisotopic (exact) mass is 280 g/mol. The molecule has 0 spiro atoms. The van der Waals surface area contributed by atoms with E-state index in [-0.39, 0.29) is 11.4 Å². The van der Waals surface area contributed by atoms with Gasteiger partial charge in [-0.15, -0.1) is 0 Å². The summed E-state index contributed by atoms with van der Waals surface area (Å²) < 4.78 is 0. The third kappa shape index (κ3) is 4.05. The lowest BCUT2D eigenvalue weighted by Gasteiger charge is -2.18. The number of aromatic carboxylic acids is 1. The average molecular weight is 280 g/mol. The van der Waals surface area contributed by atoms with Crippen molar-refractivity contribution in [2.75, 3.05) is 13.1 Å². The summed E-state index contributed by atoms with van der Waals surface area (Å²) in [7, 11) is 0. The Morgan fingerprint density at radius 3 is 2.00 bits per heavy atom. The highest BCUT2D eigenvalue weighted by Gasteiger charge is 2.21. The largest absolute Gasteiger partial charge is 0.477 e. The number of rotatable bonds is 6. The number of pyridine rings is 1. The maximum absolute atomic E-state index is 12.0. The molecule has 0 bridgehead atoms. The van der Waals surface area contributed by atoms with Gasteiger partial charge in [-0.1, -0.05) is 6.07 Å². The molecule has 0 saturated carbocycles. The van der Waals surface area contributed by atoms with Gasteiger partial charge in [0.15, 0.2) is 0 Å². The number of hydrogen-bond acceptors (Lipinski definition) is 5. The molecule has 0 atom stereocenters. The zero-order chi connectivity index (χ0) is 15.3. The fourth-order valence-electron chi connectivity index (χ4n) is 1.41. The minimum Gasteiger partial charge on any atom is -0.477 e. The molecule has 5 N–H and O–H groups in total. The summed E-state index contributed by atoms with van der Waals surface area (Å²) in [5.74, 6) is -3.80. The highest BCUT2D eigenvalue weighted by atomic mass is 16.4. The Labute approximate surface area is 113 Å². The van der Waals surface area contributed by atoms with Crippen LogP contribution in [0.1, 0.15) is 21.0 Å². The van der Waals surface area contributed by atoms with Crippen LogP contribution in [0.4, 0.5) is 0 Å². The third-order valence-corrected chi connectivity index (χ3v) is 2.17. The lowest BCUT2D eigenvalue weighted by molar-refractivity contribution is -0.121. The van der Waals surface area contributed by atoms with Crippen molar-refractivity contribution in [1.29, 1.82) is 0 Å². The van der Waals surface area contributed by atoms with Gasteiger partial charge in [0.25, 0.3) is 5.91 Å². The second-order valence-electron chi connectivity index (χ2n) is 3.81. The van der Waals surface area contributed by atoms with Crippen LogP contribution >= 0.6 is 0 Å². The minimum absolute atomic E-state index is 0.229. The van der Waals surface area contributed by atoms with Gasteiger partial charge in [0.05, 0.1) is 0 Å². The Morgan fingerprint density at radius 2 is 1.55 bits per heavy atom. The highest BCUT2D eigenvalue weighted by Crippen LogP contribution is 2.04. The second kappa shape index (κ2) is 6.27. The molecule has 0 aliphatic rings. The van der Waals surface area contributed by atoms with E-state index in [1.165, 1.54) is 18.2 Å². The maximum Gasteiger partial charge on any atom is 0.354 e. The lowest BCUT2D eigenvalue weighted by atomic mass is 10.2. The number of hydrogen-bond donors (Lipinski definition) is 3. The minimum atomic E-state index is -1.31. The predicted octanol–water partition coefficient (Wildman–Crippen LogP) is -1.81. The van der Waals surface area contributed by atoms with Gasteiger partial charge in [-0.3, -0.25) is 14.4 Å². The van der Waals surface area contributed by atoms with Crippen molar-refractivity contribution in [2.45, 2.75) is 0 Å². The summed E-state index contributed by atoms with van der Waals surface area (Å²) in [5.41, 5.74) is 9.36. The molecule has 1 aromatic rings. The van der Waals surface area contributed by atoms with Gasteiger partial charge in [-0.05, 0) is 12.1 Å². The van der Waals surface area contributed by atoms with Gasteiger partial charge >= 0.3 is 5.97 Å². The molecule has 1 heterocycles. The van der Waals surface area contributed by atoms with Crippen LogP contribution in [0.15, 0.2) is 18.2 Å². The number of carboxylic acids is 1. The molecule has 20 heavy (non-hydrogen) atoms. The molecule has 1 aromatic heterocycles. The predicted molar refractivity (Wildman–Crippen MR) is 65.5 cm³/mol. The summed E-state index contributed by atoms with van der Waals surface area (Å²) in [6.45, 7) is -1.05. The standard InChI is InChI=1S/C11H12N4O5/c12-8(16)4-15(5-9(13)17)10(18)6-2-1-3-7(14-6)11(19)20/h1-3H,4-5H2,(H2,12,16)(H2,13,17)(H,19,20). The quantitative estimate of drug-likeness (QED) is 0.557. The zero-order valence-corrected chi connectivity index (χ0v) is 10.3. The third-order valence-electron chi connectivity index (χ3n) is 2.17. The molecule has 0 unspecified atom stereocenters. The summed E-state index contributed by atoms with van der Waals surface area (Å²) >= 11 is 0. The van der Waals surface area contributed by atoms with Gasteiger partial charge in [-0.25, -0.2) is 9.78 Å². The number of primary amides is 2. The molecule has 1 rings (SSSR count). The van der Waals surface area contributed by atoms with E-state index < -0.39 is 36.8 Å². The molecular weight excluding hydrogens is 268 g/mol. The summed E-state index contributed by atoms with van der Waals surface area (Å²) in [6.07, 6.45) is 0. The Morgan fingerprint density at radius 1 is 1.05 bits per heavy atom. The van der Waals surface area contributed by atoms with E-state index in [9.17, 15) is 19.2 Å². The zero-order valence-electron chi connectivity index (χ0n) is 10.3. The first-order valence-electron chi connectivity index (χ1n) is 5.37. The number of carboxylic acid groups (broad SMARTS) is 1. The molecule has 106 valence electrons. The fourth-order valence-corrected chi connectivity index (χ4v) is 1.41. The Kier molecular flexibility index (Phi) is 4.73.